The van der Waals surface area contributed by atoms with E-state index >= 15 is 0 Å². The second kappa shape index (κ2) is 9.10. The predicted molar refractivity (Wildman–Crippen MR) is 124 cm³/mol. The molecule has 0 aromatic heterocycles. The van der Waals surface area contributed by atoms with Crippen LogP contribution in [0.15, 0.2) is 78.4 Å². The molecule has 3 aromatic rings. The Morgan fingerprint density at radius 2 is 1.63 bits per heavy atom. The largest absolute Gasteiger partial charge is 0.507 e. The molecule has 1 unspecified atom stereocenters. The molecule has 3 aromatic carbocycles. The molecule has 10 heteroatoms. The Morgan fingerprint density at radius 3 is 2.20 bits per heavy atom. The summed E-state index contributed by atoms with van der Waals surface area (Å²) in [7, 11) is 1.47. The normalized spacial score (nSPS) is 16.8. The van der Waals surface area contributed by atoms with Crippen molar-refractivity contribution in [2.45, 2.75) is 6.04 Å². The van der Waals surface area contributed by atoms with Gasteiger partial charge in [-0.15, -0.1) is 0 Å². The molecule has 4 rings (SSSR count). The summed E-state index contributed by atoms with van der Waals surface area (Å²) in [6, 6.07) is 15.7. The SMILES string of the molecule is COc1ccc(C(O)=C2C(=O)C(=O)N(c3cccc(C(=O)O)c3)C2c2ccc([N+](=O)[O-])cc2)cc1. The zero-order valence-corrected chi connectivity index (χ0v) is 18.2. The lowest BCUT2D eigenvalue weighted by Crippen LogP contribution is -2.29. The van der Waals surface area contributed by atoms with Gasteiger partial charge in [-0.25, -0.2) is 4.79 Å². The molecule has 1 atom stereocenters. The highest BCUT2D eigenvalue weighted by Gasteiger charge is 2.47. The Bertz CT molecular complexity index is 1380. The van der Waals surface area contributed by atoms with Gasteiger partial charge in [0.2, 0.25) is 0 Å². The first kappa shape index (κ1) is 23.2. The molecular weight excluding hydrogens is 456 g/mol. The molecule has 0 aliphatic carbocycles. The summed E-state index contributed by atoms with van der Waals surface area (Å²) in [5.41, 5.74) is 0.121. The Morgan fingerprint density at radius 1 is 0.971 bits per heavy atom. The molecule has 35 heavy (non-hydrogen) atoms. The Hall–Kier alpha value is -4.99. The van der Waals surface area contributed by atoms with Crippen molar-refractivity contribution >= 4 is 34.8 Å². The quantitative estimate of drug-likeness (QED) is 0.180. The van der Waals surface area contributed by atoms with E-state index in [4.69, 9.17) is 4.74 Å². The molecule has 176 valence electrons. The van der Waals surface area contributed by atoms with Crippen molar-refractivity contribution < 1.29 is 34.3 Å². The van der Waals surface area contributed by atoms with E-state index in [-0.39, 0.29) is 28.1 Å². The number of benzene rings is 3. The van der Waals surface area contributed by atoms with Crippen molar-refractivity contribution in [1.29, 1.82) is 0 Å². The number of carboxylic acid groups (broad SMARTS) is 1. The fraction of sp³-hybridized carbons (Fsp3) is 0.0800. The van der Waals surface area contributed by atoms with Gasteiger partial charge >= 0.3 is 5.97 Å². The lowest BCUT2D eigenvalue weighted by atomic mass is 9.95. The van der Waals surface area contributed by atoms with Gasteiger partial charge in [0.1, 0.15) is 11.5 Å². The van der Waals surface area contributed by atoms with Gasteiger partial charge in [0.25, 0.3) is 17.4 Å². The van der Waals surface area contributed by atoms with Crippen LogP contribution in [-0.4, -0.2) is 39.9 Å². The smallest absolute Gasteiger partial charge is 0.335 e. The number of methoxy groups -OCH3 is 1. The number of amides is 1. The molecule has 1 aliphatic rings. The summed E-state index contributed by atoms with van der Waals surface area (Å²) < 4.78 is 5.11. The maximum absolute atomic E-state index is 13.1. The van der Waals surface area contributed by atoms with Crippen molar-refractivity contribution in [1.82, 2.24) is 0 Å². The number of Topliss-reactive ketones (excluding diaryl/α,β-unsaturated/α-hetero) is 1. The highest BCUT2D eigenvalue weighted by Crippen LogP contribution is 2.42. The van der Waals surface area contributed by atoms with E-state index in [0.717, 1.165) is 4.90 Å². The number of carboxylic acids is 1. The fourth-order valence-corrected chi connectivity index (χ4v) is 3.89. The number of anilines is 1. The number of aliphatic hydroxyl groups excluding tert-OH is 1. The summed E-state index contributed by atoms with van der Waals surface area (Å²) >= 11 is 0. The number of nitrogens with zero attached hydrogens (tertiary/aromatic N) is 2. The summed E-state index contributed by atoms with van der Waals surface area (Å²) in [5.74, 6) is -3.13. The highest BCUT2D eigenvalue weighted by atomic mass is 16.6. The lowest BCUT2D eigenvalue weighted by Gasteiger charge is -2.25. The monoisotopic (exact) mass is 474 g/mol. The first-order valence-corrected chi connectivity index (χ1v) is 10.3. The second-order valence-electron chi connectivity index (χ2n) is 7.60. The lowest BCUT2D eigenvalue weighted by molar-refractivity contribution is -0.384. The van der Waals surface area contributed by atoms with Gasteiger partial charge in [-0.2, -0.15) is 0 Å². The van der Waals surface area contributed by atoms with Crippen LogP contribution in [0.3, 0.4) is 0 Å². The van der Waals surface area contributed by atoms with E-state index in [9.17, 15) is 34.7 Å². The number of carbonyl (C=O) groups is 3. The van der Waals surface area contributed by atoms with Crippen molar-refractivity contribution in [3.05, 3.63) is 105 Å². The third-order valence-electron chi connectivity index (χ3n) is 5.60. The molecular formula is C25H18N2O8. The number of non-ortho nitro benzene ring substituents is 1. The third-order valence-corrected chi connectivity index (χ3v) is 5.60. The molecule has 0 saturated carbocycles. The minimum absolute atomic E-state index is 0.109. The molecule has 10 nitrogen and oxygen atoms in total. The van der Waals surface area contributed by atoms with E-state index in [1.807, 2.05) is 0 Å². The van der Waals surface area contributed by atoms with Gasteiger partial charge in [0.15, 0.2) is 0 Å². The summed E-state index contributed by atoms with van der Waals surface area (Å²) in [6.07, 6.45) is 0. The van der Waals surface area contributed by atoms with Gasteiger partial charge in [0.05, 0.1) is 29.2 Å². The summed E-state index contributed by atoms with van der Waals surface area (Å²) in [6.45, 7) is 0. The van der Waals surface area contributed by atoms with Crippen LogP contribution in [0.5, 0.6) is 5.75 Å². The first-order chi connectivity index (χ1) is 16.7. The highest BCUT2D eigenvalue weighted by molar-refractivity contribution is 6.51. The number of nitro groups is 1. The zero-order chi connectivity index (χ0) is 25.3. The third kappa shape index (κ3) is 4.20. The minimum Gasteiger partial charge on any atom is -0.507 e. The second-order valence-corrected chi connectivity index (χ2v) is 7.60. The zero-order valence-electron chi connectivity index (χ0n) is 18.2. The van der Waals surface area contributed by atoms with Crippen molar-refractivity contribution in [2.75, 3.05) is 12.0 Å². The number of carbonyl (C=O) groups excluding carboxylic acids is 2. The number of ketones is 1. The predicted octanol–water partition coefficient (Wildman–Crippen LogP) is 3.93. The van der Waals surface area contributed by atoms with Gasteiger partial charge in [-0.3, -0.25) is 24.6 Å². The van der Waals surface area contributed by atoms with Crippen molar-refractivity contribution in [3.8, 4) is 5.75 Å². The van der Waals surface area contributed by atoms with E-state index in [2.05, 4.69) is 0 Å². The van der Waals surface area contributed by atoms with E-state index < -0.39 is 34.4 Å². The van der Waals surface area contributed by atoms with Crippen LogP contribution in [-0.2, 0) is 9.59 Å². The molecule has 1 heterocycles. The number of aromatic carboxylic acids is 1. The summed E-state index contributed by atoms with van der Waals surface area (Å²) in [5, 5.41) is 31.6. The molecule has 1 aliphatic heterocycles. The number of hydrogen-bond donors (Lipinski definition) is 2. The van der Waals surface area contributed by atoms with Crippen LogP contribution >= 0.6 is 0 Å². The molecule has 0 bridgehead atoms. The molecule has 0 radical (unpaired) electrons. The van der Waals surface area contributed by atoms with Crippen LogP contribution in [0.2, 0.25) is 0 Å². The molecule has 1 amide bonds. The van der Waals surface area contributed by atoms with Crippen LogP contribution < -0.4 is 9.64 Å². The molecule has 1 fully saturated rings. The van der Waals surface area contributed by atoms with Gasteiger partial charge in [-0.05, 0) is 60.2 Å². The van der Waals surface area contributed by atoms with Gasteiger partial charge in [0, 0.05) is 23.4 Å². The number of hydrogen-bond acceptors (Lipinski definition) is 7. The number of rotatable bonds is 6. The number of aliphatic hydroxyl groups is 1. The van der Waals surface area contributed by atoms with E-state index in [1.165, 1.54) is 67.8 Å². The van der Waals surface area contributed by atoms with Crippen LogP contribution in [0.1, 0.15) is 27.5 Å². The number of ether oxygens (including phenoxy) is 1. The van der Waals surface area contributed by atoms with E-state index in [1.54, 1.807) is 12.1 Å². The van der Waals surface area contributed by atoms with Crippen LogP contribution in [0, 0.1) is 10.1 Å². The number of nitro benzene ring substituents is 1. The van der Waals surface area contributed by atoms with E-state index in [0.29, 0.717) is 11.3 Å². The van der Waals surface area contributed by atoms with Crippen molar-refractivity contribution in [2.24, 2.45) is 0 Å². The Kier molecular flexibility index (Phi) is 6.03. The maximum Gasteiger partial charge on any atom is 0.335 e. The molecule has 1 saturated heterocycles. The average molecular weight is 474 g/mol. The van der Waals surface area contributed by atoms with Crippen LogP contribution in [0.25, 0.3) is 5.76 Å². The minimum atomic E-state index is -1.23. The van der Waals surface area contributed by atoms with Crippen molar-refractivity contribution in [3.63, 3.8) is 0 Å². The van der Waals surface area contributed by atoms with Crippen LogP contribution in [0.4, 0.5) is 11.4 Å². The Labute approximate surface area is 198 Å². The topological polar surface area (TPSA) is 147 Å². The standard InChI is InChI=1S/C25H18N2O8/c1-35-19-11-7-15(8-12-19)22(28)20-21(14-5-9-17(10-6-14)27(33)34)26(24(30)23(20)29)18-4-2-3-16(13-18)25(31)32/h2-13,21,28H,1H3,(H,31,32). The fourth-order valence-electron chi connectivity index (χ4n) is 3.89. The van der Waals surface area contributed by atoms with Gasteiger partial charge in [-0.1, -0.05) is 6.07 Å². The Balaban J connectivity index is 1.93. The summed E-state index contributed by atoms with van der Waals surface area (Å²) in [4.78, 5) is 49.4. The maximum atomic E-state index is 13.1. The average Bonchev–Trinajstić information content (AvgIpc) is 3.14. The molecule has 2 N–H and O–H groups in total. The van der Waals surface area contributed by atoms with Gasteiger partial charge < -0.3 is 14.9 Å². The first-order valence-electron chi connectivity index (χ1n) is 10.3. The molecule has 0 spiro atoms.